The Balaban J connectivity index is 1.28. The third kappa shape index (κ3) is 3.71. The maximum absolute atomic E-state index is 5.57. The van der Waals surface area contributed by atoms with Gasteiger partial charge < -0.3 is 13.7 Å². The fourth-order valence-electron chi connectivity index (χ4n) is 9.05. The van der Waals surface area contributed by atoms with Crippen molar-refractivity contribution in [3.8, 4) is 0 Å². The molecule has 52 heavy (non-hydrogen) atoms. The second-order valence-electron chi connectivity index (χ2n) is 14.3. The molecule has 5 nitrogen and oxygen atoms in total. The van der Waals surface area contributed by atoms with Crippen LogP contribution < -0.4 is 0 Å². The average molecular weight is 706 g/mol. The van der Waals surface area contributed by atoms with E-state index in [0.717, 1.165) is 29.2 Å². The molecule has 5 aromatic carbocycles. The molecule has 0 spiro atoms. The van der Waals surface area contributed by atoms with E-state index in [0.29, 0.717) is 5.92 Å². The summed E-state index contributed by atoms with van der Waals surface area (Å²) in [5.74, 6) is 2.18. The molecule has 12 rings (SSSR count). The predicted octanol–water partition coefficient (Wildman–Crippen LogP) is 12.0. The normalized spacial score (nSPS) is 18.3. The summed E-state index contributed by atoms with van der Waals surface area (Å²) in [5, 5.41) is 12.4. The van der Waals surface area contributed by atoms with Crippen LogP contribution in [0.3, 0.4) is 0 Å². The lowest BCUT2D eigenvalue weighted by Crippen LogP contribution is -2.35. The molecule has 1 aliphatic carbocycles. The first-order valence-electron chi connectivity index (χ1n) is 17.9. The number of hydrogen-bond acceptors (Lipinski definition) is 5. The Morgan fingerprint density at radius 2 is 1.40 bits per heavy atom. The van der Waals surface area contributed by atoms with Gasteiger partial charge >= 0.3 is 0 Å². The number of thiophene rings is 2. The summed E-state index contributed by atoms with van der Waals surface area (Å²) in [4.78, 5) is 13.1. The predicted molar refractivity (Wildman–Crippen MR) is 222 cm³/mol. The van der Waals surface area contributed by atoms with Crippen LogP contribution in [-0.4, -0.2) is 32.4 Å². The van der Waals surface area contributed by atoms with Gasteiger partial charge in [-0.15, -0.1) is 22.7 Å². The summed E-state index contributed by atoms with van der Waals surface area (Å²) in [7, 11) is 2.16. The molecule has 0 bridgehead atoms. The molecule has 0 amide bonds. The molecule has 248 valence electrons. The number of aliphatic imine (C=N–C) groups is 2. The Morgan fingerprint density at radius 3 is 2.15 bits per heavy atom. The van der Waals surface area contributed by atoms with E-state index in [4.69, 9.17) is 9.98 Å². The van der Waals surface area contributed by atoms with E-state index < -0.39 is 0 Å². The number of fused-ring (bicyclic) bond motifs is 9. The minimum absolute atomic E-state index is 0.280. The van der Waals surface area contributed by atoms with Crippen LogP contribution in [0.2, 0.25) is 0 Å². The second-order valence-corrected chi connectivity index (χ2v) is 16.1. The Kier molecular flexibility index (Phi) is 5.78. The lowest BCUT2D eigenvalue weighted by Gasteiger charge is -2.33. The Labute approximate surface area is 306 Å². The zero-order valence-corrected chi connectivity index (χ0v) is 30.2. The van der Waals surface area contributed by atoms with Gasteiger partial charge in [-0.3, -0.25) is 0 Å². The highest BCUT2D eigenvalue weighted by atomic mass is 32.1. The van der Waals surface area contributed by atoms with Crippen molar-refractivity contribution in [3.05, 3.63) is 143 Å². The quantitative estimate of drug-likeness (QED) is 0.180. The van der Waals surface area contributed by atoms with Gasteiger partial charge in [0.15, 0.2) is 12.0 Å². The zero-order chi connectivity index (χ0) is 34.2. The van der Waals surface area contributed by atoms with E-state index in [2.05, 4.69) is 154 Å². The van der Waals surface area contributed by atoms with Crippen molar-refractivity contribution in [2.24, 2.45) is 15.9 Å². The summed E-state index contributed by atoms with van der Waals surface area (Å²) < 4.78 is 7.65. The molecular weight excluding hydrogens is 675 g/mol. The fraction of sp³-hybridized carbons (Fsp3) is 0.111. The summed E-state index contributed by atoms with van der Waals surface area (Å²) in [5.41, 5.74) is 10.9. The van der Waals surface area contributed by atoms with Crippen LogP contribution in [0, 0.1) is 5.92 Å². The highest BCUT2D eigenvalue weighted by Crippen LogP contribution is 2.51. The van der Waals surface area contributed by atoms with Crippen molar-refractivity contribution in [1.29, 1.82) is 0 Å². The van der Waals surface area contributed by atoms with Gasteiger partial charge in [-0.05, 0) is 36.6 Å². The van der Waals surface area contributed by atoms with Gasteiger partial charge in [0.2, 0.25) is 0 Å². The topological polar surface area (TPSA) is 36.8 Å². The molecule has 2 atom stereocenters. The number of aromatic nitrogens is 2. The lowest BCUT2D eigenvalue weighted by atomic mass is 9.96. The highest BCUT2D eigenvalue weighted by molar-refractivity contribution is 7.26. The number of benzene rings is 5. The van der Waals surface area contributed by atoms with Crippen molar-refractivity contribution in [1.82, 2.24) is 13.7 Å². The maximum atomic E-state index is 5.57. The van der Waals surface area contributed by atoms with E-state index in [1.54, 1.807) is 11.3 Å². The van der Waals surface area contributed by atoms with Crippen molar-refractivity contribution in [2.45, 2.75) is 19.5 Å². The molecule has 10 aromatic rings. The zero-order valence-electron chi connectivity index (χ0n) is 28.5. The number of nitrogens with zero attached hydrogens (tertiary/aromatic N) is 5. The van der Waals surface area contributed by atoms with Crippen molar-refractivity contribution >= 4 is 109 Å². The van der Waals surface area contributed by atoms with Gasteiger partial charge in [0.25, 0.3) is 0 Å². The van der Waals surface area contributed by atoms with E-state index in [1.807, 2.05) is 11.3 Å². The highest BCUT2D eigenvalue weighted by Gasteiger charge is 2.32. The largest absolute Gasteiger partial charge is 0.333 e. The van der Waals surface area contributed by atoms with Gasteiger partial charge in [-0.2, -0.15) is 0 Å². The number of rotatable bonds is 3. The van der Waals surface area contributed by atoms with Crippen molar-refractivity contribution in [2.75, 3.05) is 7.05 Å². The van der Waals surface area contributed by atoms with Crippen LogP contribution in [0.25, 0.3) is 74.8 Å². The first-order valence-corrected chi connectivity index (χ1v) is 19.6. The third-order valence-electron chi connectivity index (χ3n) is 11.3. The number of allylic oxidation sites excluding steroid dienone is 2. The van der Waals surface area contributed by atoms with Gasteiger partial charge in [-0.1, -0.05) is 97.9 Å². The molecule has 5 aromatic heterocycles. The molecule has 7 heteroatoms. The maximum Gasteiger partial charge on any atom is 0.159 e. The first-order chi connectivity index (χ1) is 25.6. The van der Waals surface area contributed by atoms with Crippen LogP contribution in [0.5, 0.6) is 0 Å². The minimum atomic E-state index is -0.280. The molecule has 0 saturated carbocycles. The Bertz CT molecular complexity index is 3260. The van der Waals surface area contributed by atoms with Gasteiger partial charge in [0.05, 0.1) is 33.1 Å². The van der Waals surface area contributed by atoms with Gasteiger partial charge in [-0.25, -0.2) is 9.98 Å². The summed E-state index contributed by atoms with van der Waals surface area (Å²) in [6.45, 7) is 2.27. The average Bonchev–Trinajstić information content (AvgIpc) is 3.94. The van der Waals surface area contributed by atoms with E-state index in [1.165, 1.54) is 80.4 Å². The molecule has 6 heterocycles. The molecule has 0 N–H and O–H groups in total. The minimum Gasteiger partial charge on any atom is -0.333 e. The number of para-hydroxylation sites is 2. The monoisotopic (exact) mass is 705 g/mol. The summed E-state index contributed by atoms with van der Waals surface area (Å²) in [6, 6.07) is 35.6. The van der Waals surface area contributed by atoms with E-state index in [9.17, 15) is 0 Å². The van der Waals surface area contributed by atoms with E-state index >= 15 is 0 Å². The van der Waals surface area contributed by atoms with Crippen LogP contribution in [-0.2, 0) is 0 Å². The standard InChI is InChI=1S/C45H31N5S2/c1-25-11-10-14-27(21-25)43-46-44(26-12-4-3-5-13-26)48(2)45(47-43)32-22-31-29-16-7-9-18-34(29)50-36-24-51-23-35(36)49-33-17-8-6-15-28(33)30-19-20-37-38(40(30)49)39(41(31)50)42(32)52-37/h3-10,12-25,45H,11H2,1-2H3. The van der Waals surface area contributed by atoms with Crippen LogP contribution >= 0.6 is 22.7 Å². The molecule has 2 unspecified atom stereocenters. The van der Waals surface area contributed by atoms with Crippen LogP contribution in [0.1, 0.15) is 30.6 Å². The van der Waals surface area contributed by atoms with Crippen LogP contribution in [0.4, 0.5) is 0 Å². The molecule has 0 saturated heterocycles. The molecule has 0 fully saturated rings. The number of hydrogen-bond donors (Lipinski definition) is 0. The summed E-state index contributed by atoms with van der Waals surface area (Å²) >= 11 is 3.68. The Hall–Kier alpha value is -5.76. The van der Waals surface area contributed by atoms with Crippen LogP contribution in [0.15, 0.2) is 142 Å². The smallest absolute Gasteiger partial charge is 0.159 e. The fourth-order valence-corrected chi connectivity index (χ4v) is 11.1. The number of amidine groups is 2. The summed E-state index contributed by atoms with van der Waals surface area (Å²) in [6.07, 6.45) is 7.56. The molecule has 1 aliphatic heterocycles. The SMILES string of the molecule is CC1C=C(C2=NC(c3cc4c5ccccc5n5c6cscc6n6c7ccccc7c7ccc8sc3c(c8c76)c45)N(C)C(c3ccccc3)=N2)C=CC1. The lowest BCUT2D eigenvalue weighted by molar-refractivity contribution is 0.385. The van der Waals surface area contributed by atoms with E-state index in [-0.39, 0.29) is 6.17 Å². The van der Waals surface area contributed by atoms with Crippen molar-refractivity contribution < 1.29 is 0 Å². The molecule has 2 aliphatic rings. The second kappa shape index (κ2) is 10.4. The third-order valence-corrected chi connectivity index (χ3v) is 13.2. The first kappa shape index (κ1) is 28.9. The molecular formula is C45H31N5S2. The Morgan fingerprint density at radius 1 is 0.712 bits per heavy atom. The van der Waals surface area contributed by atoms with Gasteiger partial charge in [0.1, 0.15) is 5.84 Å². The van der Waals surface area contributed by atoms with Gasteiger partial charge in [0, 0.05) is 76.2 Å². The van der Waals surface area contributed by atoms with Crippen molar-refractivity contribution in [3.63, 3.8) is 0 Å². The molecule has 0 radical (unpaired) electrons.